The first-order valence-electron chi connectivity index (χ1n) is 9.05. The van der Waals surface area contributed by atoms with E-state index in [9.17, 15) is 9.59 Å². The molecule has 2 heterocycles. The van der Waals surface area contributed by atoms with Crippen molar-refractivity contribution in [3.05, 3.63) is 54.2 Å². The molecule has 1 atom stereocenters. The van der Waals surface area contributed by atoms with Crippen molar-refractivity contribution < 1.29 is 23.8 Å². The number of hydrogen-bond acceptors (Lipinski definition) is 5. The molecule has 0 saturated heterocycles. The zero-order valence-corrected chi connectivity index (χ0v) is 15.4. The number of hydrogen-bond donors (Lipinski definition) is 2. The van der Waals surface area contributed by atoms with Crippen molar-refractivity contribution in [2.75, 3.05) is 12.1 Å². The first-order valence-corrected chi connectivity index (χ1v) is 9.05. The number of carbonyl (C=O) groups is 2. The predicted octanol–water partition coefficient (Wildman–Crippen LogP) is 3.40. The highest BCUT2D eigenvalue weighted by Crippen LogP contribution is 2.34. The molecule has 1 aliphatic rings. The number of ether oxygens (including phenoxy) is 3. The number of H-pyrrole nitrogens is 1. The highest BCUT2D eigenvalue weighted by atomic mass is 16.7. The van der Waals surface area contributed by atoms with Crippen LogP contribution in [0.3, 0.4) is 0 Å². The molecule has 1 amide bonds. The van der Waals surface area contributed by atoms with Crippen molar-refractivity contribution in [3.63, 3.8) is 0 Å². The number of esters is 1. The van der Waals surface area contributed by atoms with Gasteiger partial charge in [0.25, 0.3) is 5.91 Å². The van der Waals surface area contributed by atoms with Crippen LogP contribution in [-0.2, 0) is 20.7 Å². The van der Waals surface area contributed by atoms with Crippen LogP contribution in [0.2, 0.25) is 0 Å². The van der Waals surface area contributed by atoms with E-state index in [2.05, 4.69) is 10.3 Å². The van der Waals surface area contributed by atoms with Crippen molar-refractivity contribution in [2.24, 2.45) is 0 Å². The summed E-state index contributed by atoms with van der Waals surface area (Å²) in [6.07, 6.45) is 1.73. The number of amides is 1. The minimum Gasteiger partial charge on any atom is -0.454 e. The number of carbonyl (C=O) groups excluding carboxylic acids is 2. The SMILES string of the molecule is CC(OC(=O)CCc1c[nH]c2ccccc12)C(=O)Nc1ccc2c(c1)OCO2. The number of anilines is 1. The van der Waals surface area contributed by atoms with Gasteiger partial charge >= 0.3 is 5.97 Å². The fourth-order valence-corrected chi connectivity index (χ4v) is 3.10. The highest BCUT2D eigenvalue weighted by molar-refractivity contribution is 5.95. The van der Waals surface area contributed by atoms with E-state index in [-0.39, 0.29) is 13.2 Å². The number of benzene rings is 2. The van der Waals surface area contributed by atoms with Crippen LogP contribution in [0.1, 0.15) is 18.9 Å². The summed E-state index contributed by atoms with van der Waals surface area (Å²) >= 11 is 0. The van der Waals surface area contributed by atoms with Crippen LogP contribution in [0.4, 0.5) is 5.69 Å². The number of para-hydroxylation sites is 1. The summed E-state index contributed by atoms with van der Waals surface area (Å²) in [6.45, 7) is 1.71. The lowest BCUT2D eigenvalue weighted by Crippen LogP contribution is -2.30. The zero-order valence-electron chi connectivity index (χ0n) is 15.4. The maximum absolute atomic E-state index is 12.3. The second-order valence-corrected chi connectivity index (χ2v) is 6.55. The molecule has 28 heavy (non-hydrogen) atoms. The topological polar surface area (TPSA) is 89.7 Å². The second-order valence-electron chi connectivity index (χ2n) is 6.55. The van der Waals surface area contributed by atoms with Crippen molar-refractivity contribution in [3.8, 4) is 11.5 Å². The molecule has 4 rings (SSSR count). The van der Waals surface area contributed by atoms with Crippen LogP contribution >= 0.6 is 0 Å². The number of aromatic nitrogens is 1. The smallest absolute Gasteiger partial charge is 0.306 e. The molecule has 0 fully saturated rings. The van der Waals surface area contributed by atoms with Gasteiger partial charge < -0.3 is 24.5 Å². The van der Waals surface area contributed by atoms with Gasteiger partial charge in [-0.15, -0.1) is 0 Å². The molecule has 0 saturated carbocycles. The summed E-state index contributed by atoms with van der Waals surface area (Å²) in [6, 6.07) is 13.0. The van der Waals surface area contributed by atoms with Crippen molar-refractivity contribution in [2.45, 2.75) is 25.9 Å². The first-order chi connectivity index (χ1) is 13.6. The average Bonchev–Trinajstić information content (AvgIpc) is 3.32. The third-order valence-corrected chi connectivity index (χ3v) is 4.59. The van der Waals surface area contributed by atoms with Crippen LogP contribution in [0.25, 0.3) is 10.9 Å². The number of aryl methyl sites for hydroxylation is 1. The Balaban J connectivity index is 1.29. The van der Waals surface area contributed by atoms with Gasteiger partial charge in [-0.3, -0.25) is 9.59 Å². The summed E-state index contributed by atoms with van der Waals surface area (Å²) in [7, 11) is 0. The van der Waals surface area contributed by atoms with E-state index in [0.717, 1.165) is 16.5 Å². The maximum Gasteiger partial charge on any atom is 0.306 e. The van der Waals surface area contributed by atoms with E-state index in [1.54, 1.807) is 25.1 Å². The molecular weight excluding hydrogens is 360 g/mol. The van der Waals surface area contributed by atoms with E-state index in [4.69, 9.17) is 14.2 Å². The van der Waals surface area contributed by atoms with E-state index in [1.807, 2.05) is 30.5 Å². The Hall–Kier alpha value is -3.48. The van der Waals surface area contributed by atoms with Crippen LogP contribution in [0, 0.1) is 0 Å². The van der Waals surface area contributed by atoms with Crippen LogP contribution in [0.5, 0.6) is 11.5 Å². The monoisotopic (exact) mass is 380 g/mol. The summed E-state index contributed by atoms with van der Waals surface area (Å²) in [5.74, 6) is 0.383. The van der Waals surface area contributed by atoms with E-state index in [1.165, 1.54) is 0 Å². The van der Waals surface area contributed by atoms with Crippen molar-refractivity contribution in [1.82, 2.24) is 4.98 Å². The Morgan fingerprint density at radius 1 is 1.18 bits per heavy atom. The lowest BCUT2D eigenvalue weighted by atomic mass is 10.1. The van der Waals surface area contributed by atoms with Gasteiger partial charge in [-0.25, -0.2) is 0 Å². The zero-order chi connectivity index (χ0) is 19.5. The number of aromatic amines is 1. The van der Waals surface area contributed by atoms with Crippen LogP contribution < -0.4 is 14.8 Å². The Morgan fingerprint density at radius 2 is 2.00 bits per heavy atom. The van der Waals surface area contributed by atoms with Crippen LogP contribution in [0.15, 0.2) is 48.7 Å². The molecule has 0 aliphatic carbocycles. The van der Waals surface area contributed by atoms with Gasteiger partial charge in [-0.05, 0) is 37.1 Å². The molecule has 0 radical (unpaired) electrons. The minimum atomic E-state index is -0.902. The largest absolute Gasteiger partial charge is 0.454 e. The van der Waals surface area contributed by atoms with E-state index < -0.39 is 18.0 Å². The fraction of sp³-hybridized carbons (Fsp3) is 0.238. The summed E-state index contributed by atoms with van der Waals surface area (Å²) in [5, 5.41) is 3.80. The highest BCUT2D eigenvalue weighted by Gasteiger charge is 2.20. The van der Waals surface area contributed by atoms with Crippen molar-refractivity contribution in [1.29, 1.82) is 0 Å². The molecule has 7 nitrogen and oxygen atoms in total. The first kappa shape index (κ1) is 17.9. The molecule has 2 aromatic carbocycles. The standard InChI is InChI=1S/C21H20N2O5/c1-13(21(25)23-15-7-8-18-19(10-15)27-12-26-18)28-20(24)9-6-14-11-22-17-5-3-2-4-16(14)17/h2-5,7-8,10-11,13,22H,6,9,12H2,1H3,(H,23,25). The third-order valence-electron chi connectivity index (χ3n) is 4.59. The Bertz CT molecular complexity index is 1030. The molecule has 0 bridgehead atoms. The lowest BCUT2D eigenvalue weighted by Gasteiger charge is -2.13. The molecule has 144 valence electrons. The molecule has 3 aromatic rings. The summed E-state index contributed by atoms with van der Waals surface area (Å²) in [5.41, 5.74) is 2.63. The molecule has 1 unspecified atom stereocenters. The quantitative estimate of drug-likeness (QED) is 0.640. The molecule has 0 spiro atoms. The molecule has 1 aliphatic heterocycles. The van der Waals surface area contributed by atoms with Gasteiger partial charge in [-0.2, -0.15) is 0 Å². The number of nitrogens with one attached hydrogen (secondary N) is 2. The van der Waals surface area contributed by atoms with E-state index in [0.29, 0.717) is 23.6 Å². The third kappa shape index (κ3) is 3.78. The van der Waals surface area contributed by atoms with Crippen molar-refractivity contribution >= 4 is 28.5 Å². The average molecular weight is 380 g/mol. The lowest BCUT2D eigenvalue weighted by molar-refractivity contribution is -0.153. The summed E-state index contributed by atoms with van der Waals surface area (Å²) in [4.78, 5) is 27.6. The molecule has 7 heteroatoms. The number of fused-ring (bicyclic) bond motifs is 2. The minimum absolute atomic E-state index is 0.164. The predicted molar refractivity (Wildman–Crippen MR) is 103 cm³/mol. The number of rotatable bonds is 6. The van der Waals surface area contributed by atoms with Gasteiger partial charge in [-0.1, -0.05) is 18.2 Å². The Labute approximate surface area is 161 Å². The Morgan fingerprint density at radius 3 is 2.89 bits per heavy atom. The molecular formula is C21H20N2O5. The Kier molecular flexibility index (Phi) is 4.89. The molecule has 2 N–H and O–H groups in total. The van der Waals surface area contributed by atoms with Crippen LogP contribution in [-0.4, -0.2) is 29.8 Å². The normalized spacial score (nSPS) is 13.3. The van der Waals surface area contributed by atoms with Gasteiger partial charge in [0.1, 0.15) is 0 Å². The van der Waals surface area contributed by atoms with E-state index >= 15 is 0 Å². The van der Waals surface area contributed by atoms with Gasteiger partial charge in [0.2, 0.25) is 6.79 Å². The maximum atomic E-state index is 12.3. The van der Waals surface area contributed by atoms with Gasteiger partial charge in [0.05, 0.1) is 0 Å². The van der Waals surface area contributed by atoms with Gasteiger partial charge in [0.15, 0.2) is 17.6 Å². The summed E-state index contributed by atoms with van der Waals surface area (Å²) < 4.78 is 15.8. The fourth-order valence-electron chi connectivity index (χ4n) is 3.10. The van der Waals surface area contributed by atoms with Gasteiger partial charge in [0, 0.05) is 35.3 Å². The molecule has 1 aromatic heterocycles. The second kappa shape index (κ2) is 7.64.